The van der Waals surface area contributed by atoms with Gasteiger partial charge in [0.05, 0.1) is 31.1 Å². The summed E-state index contributed by atoms with van der Waals surface area (Å²) in [6, 6.07) is 0. The first-order chi connectivity index (χ1) is 17.5. The van der Waals surface area contributed by atoms with E-state index >= 15 is 0 Å². The molecule has 0 aromatic heterocycles. The van der Waals surface area contributed by atoms with Crippen molar-refractivity contribution in [2.24, 2.45) is 23.2 Å². The number of fused-ring (bicyclic) bond motifs is 2. The van der Waals surface area contributed by atoms with Crippen molar-refractivity contribution in [3.63, 3.8) is 0 Å². The Morgan fingerprint density at radius 1 is 1.16 bits per heavy atom. The number of esters is 1. The van der Waals surface area contributed by atoms with Crippen molar-refractivity contribution in [1.82, 2.24) is 10.2 Å². The highest BCUT2D eigenvalue weighted by molar-refractivity contribution is 5.86. The van der Waals surface area contributed by atoms with Crippen LogP contribution in [-0.2, 0) is 23.8 Å². The normalized spacial score (nSPS) is 23.8. The maximum atomic E-state index is 12.8. The van der Waals surface area contributed by atoms with E-state index in [0.717, 1.165) is 45.3 Å². The third-order valence-corrected chi connectivity index (χ3v) is 8.54. The zero-order valence-electron chi connectivity index (χ0n) is 24.9. The molecule has 0 unspecified atom stereocenters. The molecule has 214 valence electrons. The van der Waals surface area contributed by atoms with Crippen LogP contribution >= 0.6 is 0 Å². The standard InChI is InChI=1S/C30H54N2O5/c1-9-11-25-23(4)26-13-12-24(25)18-30(26,37-28(34)22(2)3)14-17-32(6)16-10-15-31-19-27(33)29(5,20-35-7)21-36-8/h22,24,26,31H,9-21H2,1-8H3/t24-,26-,30+/m0/s1. The molecule has 0 saturated heterocycles. The topological polar surface area (TPSA) is 77.1 Å². The van der Waals surface area contributed by atoms with Crippen molar-refractivity contribution in [2.45, 2.75) is 85.2 Å². The molecule has 0 aliphatic heterocycles. The van der Waals surface area contributed by atoms with Gasteiger partial charge in [0.15, 0.2) is 5.78 Å². The molecule has 7 nitrogen and oxygen atoms in total. The largest absolute Gasteiger partial charge is 0.458 e. The van der Waals surface area contributed by atoms with Crippen LogP contribution in [0.3, 0.4) is 0 Å². The smallest absolute Gasteiger partial charge is 0.308 e. The predicted octanol–water partition coefficient (Wildman–Crippen LogP) is 4.64. The zero-order valence-corrected chi connectivity index (χ0v) is 24.9. The molecule has 0 amide bonds. The first-order valence-electron chi connectivity index (χ1n) is 14.4. The predicted molar refractivity (Wildman–Crippen MR) is 149 cm³/mol. The van der Waals surface area contributed by atoms with Gasteiger partial charge in [0.2, 0.25) is 0 Å². The summed E-state index contributed by atoms with van der Waals surface area (Å²) in [5.74, 6) is 0.826. The maximum Gasteiger partial charge on any atom is 0.308 e. The summed E-state index contributed by atoms with van der Waals surface area (Å²) in [6.45, 7) is 13.9. The highest BCUT2D eigenvalue weighted by Crippen LogP contribution is 2.54. The Morgan fingerprint density at radius 2 is 1.84 bits per heavy atom. The molecule has 3 atom stereocenters. The number of carbonyl (C=O) groups excluding carboxylic acids is 2. The number of ketones is 1. The summed E-state index contributed by atoms with van der Waals surface area (Å²) in [6.07, 6.45) is 7.50. The fourth-order valence-electron chi connectivity index (χ4n) is 6.40. The molecule has 0 heterocycles. The van der Waals surface area contributed by atoms with Gasteiger partial charge in [0.25, 0.3) is 0 Å². The number of carbonyl (C=O) groups is 2. The van der Waals surface area contributed by atoms with Gasteiger partial charge in [-0.3, -0.25) is 9.59 Å². The van der Waals surface area contributed by atoms with Gasteiger partial charge in [0.1, 0.15) is 5.60 Å². The van der Waals surface area contributed by atoms with Gasteiger partial charge in [0, 0.05) is 33.1 Å². The highest BCUT2D eigenvalue weighted by atomic mass is 16.6. The molecule has 37 heavy (non-hydrogen) atoms. The Hall–Kier alpha value is -1.28. The minimum atomic E-state index is -0.627. The number of nitrogens with zero attached hydrogens (tertiary/aromatic N) is 1. The zero-order chi connectivity index (χ0) is 27.6. The highest BCUT2D eigenvalue weighted by Gasteiger charge is 2.52. The van der Waals surface area contributed by atoms with Crippen LogP contribution in [0.5, 0.6) is 0 Å². The van der Waals surface area contributed by atoms with E-state index in [1.165, 1.54) is 24.8 Å². The van der Waals surface area contributed by atoms with E-state index in [9.17, 15) is 9.59 Å². The Morgan fingerprint density at radius 3 is 2.41 bits per heavy atom. The van der Waals surface area contributed by atoms with Gasteiger partial charge < -0.3 is 24.4 Å². The second kappa shape index (κ2) is 14.8. The number of ether oxygens (including phenoxy) is 3. The molecular weight excluding hydrogens is 468 g/mol. The lowest BCUT2D eigenvalue weighted by atomic mass is 9.58. The third-order valence-electron chi connectivity index (χ3n) is 8.54. The molecule has 0 aromatic carbocycles. The molecule has 2 bridgehead atoms. The molecule has 0 aromatic rings. The van der Waals surface area contributed by atoms with Crippen molar-refractivity contribution in [3.05, 3.63) is 11.1 Å². The molecule has 0 radical (unpaired) electrons. The van der Waals surface area contributed by atoms with E-state index in [0.29, 0.717) is 31.6 Å². The van der Waals surface area contributed by atoms with Crippen molar-refractivity contribution < 1.29 is 23.8 Å². The lowest BCUT2D eigenvalue weighted by molar-refractivity contribution is -0.178. The summed E-state index contributed by atoms with van der Waals surface area (Å²) in [5, 5.41) is 3.30. The van der Waals surface area contributed by atoms with E-state index in [1.807, 2.05) is 20.8 Å². The van der Waals surface area contributed by atoms with Crippen LogP contribution in [0.2, 0.25) is 0 Å². The molecule has 7 heteroatoms. The van der Waals surface area contributed by atoms with Gasteiger partial charge in [-0.1, -0.05) is 38.3 Å². The van der Waals surface area contributed by atoms with E-state index in [1.54, 1.807) is 19.8 Å². The van der Waals surface area contributed by atoms with Crippen LogP contribution in [0.4, 0.5) is 0 Å². The monoisotopic (exact) mass is 522 g/mol. The number of Topliss-reactive ketones (excluding diaryl/α,β-unsaturated/α-hetero) is 1. The van der Waals surface area contributed by atoms with Gasteiger partial charge in [-0.25, -0.2) is 0 Å². The van der Waals surface area contributed by atoms with E-state index < -0.39 is 5.41 Å². The number of hydrogen-bond donors (Lipinski definition) is 1. The second-order valence-corrected chi connectivity index (χ2v) is 12.1. The number of allylic oxidation sites excluding steroid dienone is 1. The Kier molecular flexibility index (Phi) is 12.7. The van der Waals surface area contributed by atoms with Crippen LogP contribution in [0.1, 0.15) is 79.6 Å². The van der Waals surface area contributed by atoms with Gasteiger partial charge in [-0.2, -0.15) is 0 Å². The van der Waals surface area contributed by atoms with Crippen molar-refractivity contribution in [2.75, 3.05) is 60.7 Å². The first-order valence-corrected chi connectivity index (χ1v) is 14.4. The number of methoxy groups -OCH3 is 2. The number of nitrogens with one attached hydrogen (secondary N) is 1. The van der Waals surface area contributed by atoms with Crippen molar-refractivity contribution >= 4 is 11.8 Å². The van der Waals surface area contributed by atoms with Crippen LogP contribution in [-0.4, -0.2) is 82.9 Å². The molecule has 1 saturated carbocycles. The third kappa shape index (κ3) is 8.35. The minimum Gasteiger partial charge on any atom is -0.458 e. The molecule has 3 rings (SSSR count). The minimum absolute atomic E-state index is 0.0668. The summed E-state index contributed by atoms with van der Waals surface area (Å²) >= 11 is 0. The van der Waals surface area contributed by atoms with Crippen LogP contribution in [0.15, 0.2) is 11.1 Å². The molecular formula is C30H54N2O5. The number of rotatable bonds is 18. The lowest BCUT2D eigenvalue weighted by Crippen LogP contribution is -2.53. The molecule has 3 aliphatic carbocycles. The molecule has 1 N–H and O–H groups in total. The maximum absolute atomic E-state index is 12.8. The molecule has 1 fully saturated rings. The van der Waals surface area contributed by atoms with E-state index in [2.05, 4.69) is 31.1 Å². The molecule has 0 spiro atoms. The van der Waals surface area contributed by atoms with E-state index in [-0.39, 0.29) is 23.3 Å². The Bertz CT molecular complexity index is 774. The van der Waals surface area contributed by atoms with Crippen LogP contribution < -0.4 is 5.32 Å². The average molecular weight is 523 g/mol. The Balaban J connectivity index is 1.90. The SMILES string of the molecule is CCCC1=C(C)[C@@H]2CC[C@H]1C[C@@]2(CCN(C)CCCNCC(=O)C(C)(COC)COC)OC(=O)C(C)C. The summed E-state index contributed by atoms with van der Waals surface area (Å²) in [7, 11) is 5.36. The summed E-state index contributed by atoms with van der Waals surface area (Å²) in [4.78, 5) is 27.8. The van der Waals surface area contributed by atoms with Gasteiger partial charge in [-0.05, 0) is 72.0 Å². The fourth-order valence-corrected chi connectivity index (χ4v) is 6.40. The molecule has 3 aliphatic rings. The summed E-state index contributed by atoms with van der Waals surface area (Å²) < 4.78 is 16.9. The number of hydrogen-bond acceptors (Lipinski definition) is 7. The quantitative estimate of drug-likeness (QED) is 0.160. The lowest BCUT2D eigenvalue weighted by Gasteiger charge is -2.53. The average Bonchev–Trinajstić information content (AvgIpc) is 2.85. The van der Waals surface area contributed by atoms with E-state index in [4.69, 9.17) is 14.2 Å². The van der Waals surface area contributed by atoms with Crippen molar-refractivity contribution in [1.29, 1.82) is 0 Å². The van der Waals surface area contributed by atoms with Crippen LogP contribution in [0, 0.1) is 23.2 Å². The summed E-state index contributed by atoms with van der Waals surface area (Å²) in [5.41, 5.74) is 2.12. The first kappa shape index (κ1) is 31.9. The fraction of sp³-hybridized carbons (Fsp3) is 0.867. The Labute approximate surface area is 226 Å². The van der Waals surface area contributed by atoms with Crippen molar-refractivity contribution in [3.8, 4) is 0 Å². The van der Waals surface area contributed by atoms with Gasteiger partial charge in [-0.15, -0.1) is 0 Å². The van der Waals surface area contributed by atoms with Crippen LogP contribution in [0.25, 0.3) is 0 Å². The second-order valence-electron chi connectivity index (χ2n) is 12.1. The van der Waals surface area contributed by atoms with Gasteiger partial charge >= 0.3 is 5.97 Å².